The van der Waals surface area contributed by atoms with Crippen molar-refractivity contribution in [3.05, 3.63) is 144 Å². The lowest BCUT2D eigenvalue weighted by molar-refractivity contribution is 0.478. The van der Waals surface area contributed by atoms with Gasteiger partial charge in [-0.05, 0) is 106 Å². The fourth-order valence-electron chi connectivity index (χ4n) is 7.92. The predicted molar refractivity (Wildman–Crippen MR) is 233 cm³/mol. The molecule has 1 aliphatic rings. The van der Waals surface area contributed by atoms with Crippen LogP contribution in [0.2, 0.25) is 0 Å². The highest BCUT2D eigenvalue weighted by Gasteiger charge is 2.30. The van der Waals surface area contributed by atoms with Gasteiger partial charge in [0.2, 0.25) is 0 Å². The molecule has 0 N–H and O–H groups in total. The summed E-state index contributed by atoms with van der Waals surface area (Å²) in [4.78, 5) is 9.79. The summed E-state index contributed by atoms with van der Waals surface area (Å²) >= 11 is 0. The first-order chi connectivity index (χ1) is 26.1. The maximum Gasteiger partial charge on any atom is 0.137 e. The number of para-hydroxylation sites is 3. The Balaban J connectivity index is 1.19. The van der Waals surface area contributed by atoms with Crippen molar-refractivity contribution >= 4 is 44.6 Å². The van der Waals surface area contributed by atoms with Crippen molar-refractivity contribution < 1.29 is 4.74 Å². The Bertz CT molecular complexity index is 2530. The topological polar surface area (TPSA) is 33.5 Å². The van der Waals surface area contributed by atoms with Crippen LogP contribution in [0.25, 0.3) is 27.6 Å². The van der Waals surface area contributed by atoms with Crippen molar-refractivity contribution in [1.29, 1.82) is 0 Å². The van der Waals surface area contributed by atoms with E-state index in [4.69, 9.17) is 9.72 Å². The second-order valence-corrected chi connectivity index (χ2v) is 18.2. The summed E-state index contributed by atoms with van der Waals surface area (Å²) in [7, 11) is 0. The van der Waals surface area contributed by atoms with E-state index in [1.165, 1.54) is 44.5 Å². The molecule has 7 aromatic rings. The van der Waals surface area contributed by atoms with Crippen LogP contribution in [0, 0.1) is 0 Å². The molecule has 0 bridgehead atoms. The Kier molecular flexibility index (Phi) is 8.83. The molecular formula is C50H54N4O. The summed E-state index contributed by atoms with van der Waals surface area (Å²) < 4.78 is 9.24. The molecule has 0 radical (unpaired) electrons. The third-order valence-electron chi connectivity index (χ3n) is 11.2. The van der Waals surface area contributed by atoms with Crippen LogP contribution in [0.3, 0.4) is 0 Å². The zero-order valence-electron chi connectivity index (χ0n) is 34.2. The van der Waals surface area contributed by atoms with Crippen molar-refractivity contribution in [2.75, 3.05) is 16.5 Å². The first-order valence-corrected chi connectivity index (χ1v) is 19.7. The maximum atomic E-state index is 6.91. The van der Waals surface area contributed by atoms with Crippen molar-refractivity contribution in [2.45, 2.75) is 91.9 Å². The van der Waals surface area contributed by atoms with Gasteiger partial charge in [0.25, 0.3) is 0 Å². The monoisotopic (exact) mass is 726 g/mol. The standard InChI is InChI=1S/C50H54N4O/c1-11-39-45(24-23-41-40-19-12-13-20-42(40)54(47(39)41)46-30-33(25-26-51-46)48(2,3)4)55-38-18-16-17-36(31-38)52-32-53(44-22-15-14-21-43(44)52)37-28-34(49(5,6)7)27-35(29-37)50(8,9)10/h12-31H,11,32H2,1-10H3. The third-order valence-corrected chi connectivity index (χ3v) is 11.2. The molecule has 3 heterocycles. The smallest absolute Gasteiger partial charge is 0.137 e. The molecule has 8 rings (SSSR count). The van der Waals surface area contributed by atoms with Crippen LogP contribution in [0.15, 0.2) is 121 Å². The van der Waals surface area contributed by atoms with Gasteiger partial charge in [0.15, 0.2) is 0 Å². The van der Waals surface area contributed by atoms with E-state index < -0.39 is 0 Å². The van der Waals surface area contributed by atoms with Crippen LogP contribution < -0.4 is 14.5 Å². The van der Waals surface area contributed by atoms with Crippen molar-refractivity contribution in [3.63, 3.8) is 0 Å². The highest BCUT2D eigenvalue weighted by Crippen LogP contribution is 2.47. The van der Waals surface area contributed by atoms with E-state index in [0.29, 0.717) is 6.67 Å². The van der Waals surface area contributed by atoms with Gasteiger partial charge in [0, 0.05) is 40.0 Å². The SMILES string of the molecule is CCc1c(Oc2cccc(N3CN(c4cc(C(C)(C)C)cc(C(C)(C)C)c4)c4ccccc43)c2)ccc2c3ccccc3n(-c3cc(C(C)(C)C)ccn3)c12. The Labute approximate surface area is 327 Å². The molecule has 0 saturated heterocycles. The van der Waals surface area contributed by atoms with E-state index >= 15 is 0 Å². The number of aryl methyl sites for hydroxylation is 1. The van der Waals surface area contributed by atoms with Gasteiger partial charge in [-0.2, -0.15) is 0 Å². The highest BCUT2D eigenvalue weighted by molar-refractivity contribution is 6.10. The molecule has 5 nitrogen and oxygen atoms in total. The summed E-state index contributed by atoms with van der Waals surface area (Å²) in [6, 6.07) is 41.8. The van der Waals surface area contributed by atoms with Crippen molar-refractivity contribution in [2.24, 2.45) is 0 Å². The van der Waals surface area contributed by atoms with Gasteiger partial charge in [-0.25, -0.2) is 4.98 Å². The van der Waals surface area contributed by atoms with Crippen LogP contribution in [0.5, 0.6) is 11.5 Å². The number of anilines is 4. The molecule has 0 fully saturated rings. The number of ether oxygens (including phenoxy) is 1. The van der Waals surface area contributed by atoms with Crippen LogP contribution in [-0.4, -0.2) is 16.2 Å². The quantitative estimate of drug-likeness (QED) is 0.171. The van der Waals surface area contributed by atoms with E-state index in [1.807, 2.05) is 6.20 Å². The molecule has 0 aliphatic carbocycles. The normalized spacial score (nSPS) is 13.6. The van der Waals surface area contributed by atoms with Gasteiger partial charge in [0.1, 0.15) is 24.0 Å². The lowest BCUT2D eigenvalue weighted by Crippen LogP contribution is -2.25. The zero-order chi connectivity index (χ0) is 38.9. The second-order valence-electron chi connectivity index (χ2n) is 18.2. The minimum Gasteiger partial charge on any atom is -0.457 e. The molecule has 55 heavy (non-hydrogen) atoms. The summed E-state index contributed by atoms with van der Waals surface area (Å²) in [5.74, 6) is 2.59. The maximum absolute atomic E-state index is 6.91. The molecule has 5 heteroatoms. The van der Waals surface area contributed by atoms with E-state index in [2.05, 4.69) is 199 Å². The average Bonchev–Trinajstić information content (AvgIpc) is 3.70. The molecular weight excluding hydrogens is 673 g/mol. The summed E-state index contributed by atoms with van der Waals surface area (Å²) in [6.45, 7) is 23.5. The van der Waals surface area contributed by atoms with Gasteiger partial charge >= 0.3 is 0 Å². The molecule has 280 valence electrons. The third kappa shape index (κ3) is 6.64. The van der Waals surface area contributed by atoms with E-state index in [1.54, 1.807) is 0 Å². The summed E-state index contributed by atoms with van der Waals surface area (Å²) in [5.41, 5.74) is 12.2. The number of pyridine rings is 1. The van der Waals surface area contributed by atoms with Gasteiger partial charge in [-0.1, -0.05) is 112 Å². The number of rotatable bonds is 6. The van der Waals surface area contributed by atoms with Crippen LogP contribution >= 0.6 is 0 Å². The number of hydrogen-bond donors (Lipinski definition) is 0. The fourth-order valence-corrected chi connectivity index (χ4v) is 7.92. The first kappa shape index (κ1) is 36.4. The molecule has 0 unspecified atom stereocenters. The zero-order valence-corrected chi connectivity index (χ0v) is 34.2. The van der Waals surface area contributed by atoms with Gasteiger partial charge < -0.3 is 14.5 Å². The summed E-state index contributed by atoms with van der Waals surface area (Å²) in [5, 5.41) is 2.42. The Morgan fingerprint density at radius 1 is 0.582 bits per heavy atom. The number of nitrogens with zero attached hydrogens (tertiary/aromatic N) is 4. The number of aromatic nitrogens is 2. The second kappa shape index (κ2) is 13.3. The van der Waals surface area contributed by atoms with E-state index in [9.17, 15) is 0 Å². The van der Waals surface area contributed by atoms with Crippen molar-refractivity contribution in [1.82, 2.24) is 9.55 Å². The van der Waals surface area contributed by atoms with Crippen LogP contribution in [0.4, 0.5) is 22.7 Å². The lowest BCUT2D eigenvalue weighted by atomic mass is 9.80. The largest absolute Gasteiger partial charge is 0.457 e. The Morgan fingerprint density at radius 3 is 1.87 bits per heavy atom. The van der Waals surface area contributed by atoms with E-state index in [-0.39, 0.29) is 16.2 Å². The van der Waals surface area contributed by atoms with Crippen LogP contribution in [-0.2, 0) is 22.7 Å². The summed E-state index contributed by atoms with van der Waals surface area (Å²) in [6.07, 6.45) is 2.75. The van der Waals surface area contributed by atoms with Gasteiger partial charge in [-0.3, -0.25) is 4.57 Å². The molecule has 5 aromatic carbocycles. The molecule has 0 amide bonds. The number of benzene rings is 5. The average molecular weight is 727 g/mol. The molecule has 2 aromatic heterocycles. The minimum atomic E-state index is 0.00202. The minimum absolute atomic E-state index is 0.00202. The molecule has 1 aliphatic heterocycles. The van der Waals surface area contributed by atoms with Gasteiger partial charge in [0.05, 0.1) is 22.4 Å². The fraction of sp³-hybridized carbons (Fsp3) is 0.300. The molecule has 0 saturated carbocycles. The number of fused-ring (bicyclic) bond motifs is 4. The molecule has 0 atom stereocenters. The first-order valence-electron chi connectivity index (χ1n) is 19.7. The molecule has 0 spiro atoms. The Morgan fingerprint density at radius 2 is 1.22 bits per heavy atom. The number of hydrogen-bond acceptors (Lipinski definition) is 4. The predicted octanol–water partition coefficient (Wildman–Crippen LogP) is 13.7. The highest BCUT2D eigenvalue weighted by atomic mass is 16.5. The van der Waals surface area contributed by atoms with E-state index in [0.717, 1.165) is 46.0 Å². The van der Waals surface area contributed by atoms with Crippen LogP contribution in [0.1, 0.15) is 91.5 Å². The Hall–Kier alpha value is -5.55. The lowest BCUT2D eigenvalue weighted by Gasteiger charge is -2.29. The van der Waals surface area contributed by atoms with Gasteiger partial charge in [-0.15, -0.1) is 0 Å². The van der Waals surface area contributed by atoms with Crippen molar-refractivity contribution in [3.8, 4) is 17.3 Å².